The average Bonchev–Trinajstić information content (AvgIpc) is 2.12. The first kappa shape index (κ1) is 10.8. The van der Waals surface area contributed by atoms with Crippen LogP contribution in [-0.4, -0.2) is 11.7 Å². The van der Waals surface area contributed by atoms with E-state index in [2.05, 4.69) is 0 Å². The van der Waals surface area contributed by atoms with E-state index in [-0.39, 0.29) is 15.7 Å². The van der Waals surface area contributed by atoms with Crippen molar-refractivity contribution in [1.82, 2.24) is 0 Å². The van der Waals surface area contributed by atoms with Crippen LogP contribution < -0.4 is 5.73 Å². The van der Waals surface area contributed by atoms with E-state index in [4.69, 9.17) is 10.8 Å². The van der Waals surface area contributed by atoms with Crippen molar-refractivity contribution >= 4 is 22.6 Å². The van der Waals surface area contributed by atoms with Crippen molar-refractivity contribution in [2.45, 2.75) is 6.04 Å². The molecule has 3 N–H and O–H groups in total. The third kappa shape index (κ3) is 2.35. The molecule has 0 heterocycles. The molecular weight excluding hydrogens is 291 g/mol. The lowest BCUT2D eigenvalue weighted by atomic mass is 10.1. The molecule has 2 nitrogen and oxygen atoms in total. The van der Waals surface area contributed by atoms with Gasteiger partial charge in [-0.1, -0.05) is 0 Å². The van der Waals surface area contributed by atoms with Crippen LogP contribution in [0.1, 0.15) is 11.6 Å². The van der Waals surface area contributed by atoms with Crippen LogP contribution in [0.3, 0.4) is 0 Å². The molecule has 0 aliphatic heterocycles. The molecule has 0 saturated heterocycles. The third-order valence-electron chi connectivity index (χ3n) is 1.63. The number of nitrogens with two attached hydrogens (primary N) is 1. The predicted octanol–water partition coefficient (Wildman–Crippen LogP) is 1.56. The highest BCUT2D eigenvalue weighted by atomic mass is 127. The Labute approximate surface area is 87.9 Å². The summed E-state index contributed by atoms with van der Waals surface area (Å²) in [6, 6.07) is 1.53. The highest BCUT2D eigenvalue weighted by Crippen LogP contribution is 2.20. The molecule has 0 fully saturated rings. The van der Waals surface area contributed by atoms with Gasteiger partial charge in [0, 0.05) is 0 Å². The van der Waals surface area contributed by atoms with E-state index >= 15 is 0 Å². The van der Waals surface area contributed by atoms with E-state index in [1.807, 2.05) is 0 Å². The summed E-state index contributed by atoms with van der Waals surface area (Å²) >= 11 is 1.57. The van der Waals surface area contributed by atoms with Gasteiger partial charge in [-0.25, -0.2) is 8.78 Å². The highest BCUT2D eigenvalue weighted by Gasteiger charge is 2.12. The normalized spacial score (nSPS) is 13.0. The zero-order chi connectivity index (χ0) is 10.0. The maximum atomic E-state index is 13.0. The molecule has 13 heavy (non-hydrogen) atoms. The first-order valence-electron chi connectivity index (χ1n) is 3.57. The molecule has 0 unspecified atom stereocenters. The third-order valence-corrected chi connectivity index (χ3v) is 2.66. The summed E-state index contributed by atoms with van der Waals surface area (Å²) in [4.78, 5) is 0. The fourth-order valence-corrected chi connectivity index (χ4v) is 1.21. The minimum absolute atomic E-state index is 0.0634. The van der Waals surface area contributed by atoms with Crippen LogP contribution in [0, 0.1) is 15.2 Å². The fourth-order valence-electron chi connectivity index (χ4n) is 0.895. The van der Waals surface area contributed by atoms with Gasteiger partial charge in [-0.05, 0) is 40.3 Å². The SMILES string of the molecule is N[C@H](CO)c1cc(F)c(I)c(F)c1. The van der Waals surface area contributed by atoms with Crippen molar-refractivity contribution in [3.05, 3.63) is 32.9 Å². The largest absolute Gasteiger partial charge is 0.394 e. The Kier molecular flexibility index (Phi) is 3.57. The minimum atomic E-state index is -0.735. The van der Waals surface area contributed by atoms with Gasteiger partial charge in [0.2, 0.25) is 0 Å². The number of halogens is 3. The second-order valence-electron chi connectivity index (χ2n) is 2.59. The van der Waals surface area contributed by atoms with Gasteiger partial charge in [0.15, 0.2) is 0 Å². The number of rotatable bonds is 2. The number of benzene rings is 1. The lowest BCUT2D eigenvalue weighted by molar-refractivity contribution is 0.267. The summed E-state index contributed by atoms with van der Waals surface area (Å²) in [7, 11) is 0. The molecule has 72 valence electrons. The topological polar surface area (TPSA) is 46.2 Å². The van der Waals surface area contributed by atoms with E-state index in [0.717, 1.165) is 12.1 Å². The Bertz CT molecular complexity index is 296. The molecule has 5 heteroatoms. The second kappa shape index (κ2) is 4.30. The van der Waals surface area contributed by atoms with Crippen LogP contribution in [0.15, 0.2) is 12.1 Å². The quantitative estimate of drug-likeness (QED) is 0.643. The zero-order valence-corrected chi connectivity index (χ0v) is 8.76. The molecule has 0 aliphatic carbocycles. The first-order valence-corrected chi connectivity index (χ1v) is 4.65. The Morgan fingerprint density at radius 2 is 1.85 bits per heavy atom. The number of hydrogen-bond acceptors (Lipinski definition) is 2. The van der Waals surface area contributed by atoms with Crippen molar-refractivity contribution in [2.75, 3.05) is 6.61 Å². The van der Waals surface area contributed by atoms with Gasteiger partial charge in [0.1, 0.15) is 11.6 Å². The molecule has 1 atom stereocenters. The molecule has 0 aliphatic rings. The predicted molar refractivity (Wildman–Crippen MR) is 53.1 cm³/mol. The number of aliphatic hydroxyl groups is 1. The summed E-state index contributed by atoms with van der Waals surface area (Å²) in [5.74, 6) is -1.31. The van der Waals surface area contributed by atoms with E-state index in [1.54, 1.807) is 22.6 Å². The maximum absolute atomic E-state index is 13.0. The van der Waals surface area contributed by atoms with Crippen LogP contribution in [0.5, 0.6) is 0 Å². The van der Waals surface area contributed by atoms with Crippen molar-refractivity contribution in [3.8, 4) is 0 Å². The van der Waals surface area contributed by atoms with Crippen LogP contribution in [0.2, 0.25) is 0 Å². The van der Waals surface area contributed by atoms with Gasteiger partial charge in [-0.15, -0.1) is 0 Å². The van der Waals surface area contributed by atoms with E-state index in [0.29, 0.717) is 0 Å². The fraction of sp³-hybridized carbons (Fsp3) is 0.250. The Morgan fingerprint density at radius 3 is 2.23 bits per heavy atom. The molecule has 1 aromatic rings. The zero-order valence-electron chi connectivity index (χ0n) is 6.60. The Morgan fingerprint density at radius 1 is 1.38 bits per heavy atom. The molecular formula is C8H8F2INO. The van der Waals surface area contributed by atoms with Gasteiger partial charge in [0.25, 0.3) is 0 Å². The summed E-state index contributed by atoms with van der Waals surface area (Å²) < 4.78 is 25.8. The van der Waals surface area contributed by atoms with Gasteiger partial charge in [-0.2, -0.15) is 0 Å². The van der Waals surface area contributed by atoms with Crippen molar-refractivity contribution < 1.29 is 13.9 Å². The molecule has 0 radical (unpaired) electrons. The standard InChI is InChI=1S/C8H8F2INO/c9-5-1-4(7(12)3-13)2-6(10)8(5)11/h1-2,7,13H,3,12H2/t7-/m1/s1. The van der Waals surface area contributed by atoms with E-state index in [9.17, 15) is 8.78 Å². The highest BCUT2D eigenvalue weighted by molar-refractivity contribution is 14.1. The summed E-state index contributed by atoms with van der Waals surface area (Å²) in [5, 5.41) is 8.67. The van der Waals surface area contributed by atoms with Crippen LogP contribution >= 0.6 is 22.6 Å². The van der Waals surface area contributed by atoms with E-state index in [1.165, 1.54) is 0 Å². The summed E-state index contributed by atoms with van der Waals surface area (Å²) in [6.45, 7) is -0.334. The Hall–Kier alpha value is -0.270. The second-order valence-corrected chi connectivity index (χ2v) is 3.67. The van der Waals surface area contributed by atoms with Gasteiger partial charge < -0.3 is 10.8 Å². The van der Waals surface area contributed by atoms with Crippen LogP contribution in [0.25, 0.3) is 0 Å². The first-order chi connectivity index (χ1) is 6.06. The maximum Gasteiger partial charge on any atom is 0.139 e. The average molecular weight is 299 g/mol. The Balaban J connectivity index is 3.13. The van der Waals surface area contributed by atoms with E-state index < -0.39 is 17.7 Å². The lowest BCUT2D eigenvalue weighted by Gasteiger charge is -2.09. The van der Waals surface area contributed by atoms with Crippen molar-refractivity contribution in [3.63, 3.8) is 0 Å². The lowest BCUT2D eigenvalue weighted by Crippen LogP contribution is -2.15. The number of aliphatic hydroxyl groups excluding tert-OH is 1. The summed E-state index contributed by atoms with van der Waals surface area (Å²) in [6.07, 6.45) is 0. The molecule has 0 saturated carbocycles. The molecule has 0 bridgehead atoms. The number of hydrogen-bond donors (Lipinski definition) is 2. The molecule has 0 spiro atoms. The van der Waals surface area contributed by atoms with Gasteiger partial charge in [0.05, 0.1) is 16.2 Å². The molecule has 1 aromatic carbocycles. The van der Waals surface area contributed by atoms with Gasteiger partial charge in [-0.3, -0.25) is 0 Å². The van der Waals surface area contributed by atoms with Crippen LogP contribution in [-0.2, 0) is 0 Å². The van der Waals surface area contributed by atoms with Crippen molar-refractivity contribution in [2.24, 2.45) is 5.73 Å². The molecule has 1 rings (SSSR count). The summed E-state index contributed by atoms with van der Waals surface area (Å²) in [5.41, 5.74) is 5.66. The molecule has 0 amide bonds. The smallest absolute Gasteiger partial charge is 0.139 e. The monoisotopic (exact) mass is 299 g/mol. The van der Waals surface area contributed by atoms with Crippen LogP contribution in [0.4, 0.5) is 8.78 Å². The van der Waals surface area contributed by atoms with Gasteiger partial charge >= 0.3 is 0 Å². The molecule has 0 aromatic heterocycles. The van der Waals surface area contributed by atoms with Crippen molar-refractivity contribution in [1.29, 1.82) is 0 Å². The minimum Gasteiger partial charge on any atom is -0.394 e.